The van der Waals surface area contributed by atoms with E-state index < -0.39 is 23.3 Å². The number of rotatable bonds is 4. The molecule has 0 bridgehead atoms. The van der Waals surface area contributed by atoms with Crippen LogP contribution in [-0.4, -0.2) is 56.0 Å². The minimum absolute atomic E-state index is 0.0135. The normalized spacial score (nSPS) is 17.2. The van der Waals surface area contributed by atoms with Crippen molar-refractivity contribution in [3.8, 4) is 11.7 Å². The van der Waals surface area contributed by atoms with Gasteiger partial charge in [0.05, 0.1) is 23.9 Å². The van der Waals surface area contributed by atoms with E-state index in [1.54, 1.807) is 6.20 Å². The highest BCUT2D eigenvalue weighted by Crippen LogP contribution is 2.35. The van der Waals surface area contributed by atoms with Gasteiger partial charge < -0.3 is 9.64 Å². The number of ether oxygens (including phenoxy) is 1. The average Bonchev–Trinajstić information content (AvgIpc) is 3.43. The van der Waals surface area contributed by atoms with Crippen molar-refractivity contribution in [1.82, 2.24) is 29.9 Å². The Morgan fingerprint density at radius 1 is 1.30 bits per heavy atom. The lowest BCUT2D eigenvalue weighted by molar-refractivity contribution is -0.143. The maximum absolute atomic E-state index is 13.9. The molecule has 1 saturated heterocycles. The molecule has 8 nitrogen and oxygen atoms in total. The molecule has 158 valence electrons. The van der Waals surface area contributed by atoms with Crippen molar-refractivity contribution in [2.75, 3.05) is 20.2 Å². The molecule has 4 heterocycles. The van der Waals surface area contributed by atoms with Crippen LogP contribution in [0, 0.1) is 0 Å². The third kappa shape index (κ3) is 3.86. The van der Waals surface area contributed by atoms with Gasteiger partial charge >= 0.3 is 6.18 Å². The lowest BCUT2D eigenvalue weighted by Crippen LogP contribution is -2.39. The summed E-state index contributed by atoms with van der Waals surface area (Å²) >= 11 is 1.48. The number of methoxy groups -OCH3 is 1. The molecule has 3 aromatic rings. The van der Waals surface area contributed by atoms with Crippen LogP contribution in [0.5, 0.6) is 5.88 Å². The monoisotopic (exact) mass is 438 g/mol. The first-order chi connectivity index (χ1) is 14.4. The molecule has 30 heavy (non-hydrogen) atoms. The van der Waals surface area contributed by atoms with Gasteiger partial charge in [-0.3, -0.25) is 4.79 Å². The summed E-state index contributed by atoms with van der Waals surface area (Å²) in [5.41, 5.74) is -1.69. The van der Waals surface area contributed by atoms with Crippen LogP contribution in [-0.2, 0) is 6.18 Å². The second-order valence-electron chi connectivity index (χ2n) is 6.71. The minimum atomic E-state index is -4.81. The smallest absolute Gasteiger partial charge is 0.434 e. The second-order valence-corrected chi connectivity index (χ2v) is 7.64. The summed E-state index contributed by atoms with van der Waals surface area (Å²) in [6.07, 6.45) is -0.667. The van der Waals surface area contributed by atoms with Gasteiger partial charge in [-0.15, -0.1) is 21.5 Å². The van der Waals surface area contributed by atoms with E-state index in [0.29, 0.717) is 24.2 Å². The molecule has 1 unspecified atom stereocenters. The number of halogens is 3. The lowest BCUT2D eigenvalue weighted by atomic mass is 9.98. The number of carbonyl (C=O) groups excluding carboxylic acids is 1. The molecule has 1 fully saturated rings. The average molecular weight is 438 g/mol. The Hall–Kier alpha value is -3.02. The van der Waals surface area contributed by atoms with Crippen LogP contribution in [0.15, 0.2) is 29.9 Å². The second kappa shape index (κ2) is 8.01. The maximum Gasteiger partial charge on any atom is 0.434 e. The topological polar surface area (TPSA) is 86.0 Å². The lowest BCUT2D eigenvalue weighted by Gasteiger charge is -2.32. The standard InChI is InChI=1S/C18H17F3N6O2S/c1-29-14-5-4-13(24-25-14)27-15(18(19,20)21)12(9-23-27)17(28)26-7-2-3-11(10-26)16-22-6-8-30-16/h4-6,8-9,11H,2-3,7,10H2,1H3. The molecule has 12 heteroatoms. The summed E-state index contributed by atoms with van der Waals surface area (Å²) in [5.74, 6) is -0.713. The summed E-state index contributed by atoms with van der Waals surface area (Å²) in [5, 5.41) is 13.9. The highest BCUT2D eigenvalue weighted by molar-refractivity contribution is 7.09. The molecule has 0 N–H and O–H groups in total. The van der Waals surface area contributed by atoms with Crippen LogP contribution in [0.4, 0.5) is 13.2 Å². The third-order valence-electron chi connectivity index (χ3n) is 4.83. The predicted molar refractivity (Wildman–Crippen MR) is 101 cm³/mol. The Bertz CT molecular complexity index is 1020. The number of piperidine rings is 1. The van der Waals surface area contributed by atoms with Gasteiger partial charge in [-0.1, -0.05) is 0 Å². The van der Waals surface area contributed by atoms with E-state index in [1.807, 2.05) is 5.38 Å². The van der Waals surface area contributed by atoms with E-state index in [-0.39, 0.29) is 17.6 Å². The zero-order valence-corrected chi connectivity index (χ0v) is 16.7. The molecule has 0 aromatic carbocycles. The summed E-state index contributed by atoms with van der Waals surface area (Å²) in [4.78, 5) is 18.7. The van der Waals surface area contributed by atoms with Crippen molar-refractivity contribution in [3.05, 3.63) is 46.2 Å². The van der Waals surface area contributed by atoms with E-state index in [9.17, 15) is 18.0 Å². The SMILES string of the molecule is COc1ccc(-n2ncc(C(=O)N3CCCC(c4nccs4)C3)c2C(F)(F)F)nn1. The number of aromatic nitrogens is 5. The van der Waals surface area contributed by atoms with Gasteiger partial charge in [0.1, 0.15) is 0 Å². The van der Waals surface area contributed by atoms with Crippen molar-refractivity contribution < 1.29 is 22.7 Å². The van der Waals surface area contributed by atoms with Crippen molar-refractivity contribution in [2.24, 2.45) is 0 Å². The number of amides is 1. The number of carbonyl (C=O) groups is 1. The number of likely N-dealkylation sites (tertiary alicyclic amines) is 1. The molecule has 0 aliphatic carbocycles. The highest BCUT2D eigenvalue weighted by atomic mass is 32.1. The van der Waals surface area contributed by atoms with Gasteiger partial charge in [0, 0.05) is 36.7 Å². The minimum Gasteiger partial charge on any atom is -0.480 e. The number of alkyl halides is 3. The van der Waals surface area contributed by atoms with Gasteiger partial charge in [0.15, 0.2) is 11.5 Å². The predicted octanol–water partition coefficient (Wildman–Crippen LogP) is 3.17. The van der Waals surface area contributed by atoms with E-state index in [0.717, 1.165) is 17.6 Å². The molecule has 0 radical (unpaired) electrons. The zero-order chi connectivity index (χ0) is 21.3. The Morgan fingerprint density at radius 2 is 2.13 bits per heavy atom. The van der Waals surface area contributed by atoms with Crippen molar-refractivity contribution in [2.45, 2.75) is 24.9 Å². The maximum atomic E-state index is 13.9. The van der Waals surface area contributed by atoms with E-state index in [1.165, 1.54) is 35.5 Å². The molecule has 1 atom stereocenters. The van der Waals surface area contributed by atoms with E-state index in [4.69, 9.17) is 4.74 Å². The number of nitrogens with zero attached hydrogens (tertiary/aromatic N) is 6. The molecule has 3 aromatic heterocycles. The van der Waals surface area contributed by atoms with Crippen LogP contribution in [0.1, 0.15) is 39.8 Å². The number of thiazole rings is 1. The molecule has 1 aliphatic heterocycles. The quantitative estimate of drug-likeness (QED) is 0.622. The van der Waals surface area contributed by atoms with Crippen molar-refractivity contribution >= 4 is 17.2 Å². The van der Waals surface area contributed by atoms with Gasteiger partial charge in [0.2, 0.25) is 5.88 Å². The first-order valence-corrected chi connectivity index (χ1v) is 9.98. The number of hydrogen-bond donors (Lipinski definition) is 0. The molecule has 0 saturated carbocycles. The summed E-state index contributed by atoms with van der Waals surface area (Å²) in [6, 6.07) is 2.66. The van der Waals surface area contributed by atoms with Crippen LogP contribution >= 0.6 is 11.3 Å². The fraction of sp³-hybridized carbons (Fsp3) is 0.389. The third-order valence-corrected chi connectivity index (χ3v) is 5.77. The Kier molecular flexibility index (Phi) is 5.41. The van der Waals surface area contributed by atoms with Crippen molar-refractivity contribution in [3.63, 3.8) is 0 Å². The number of hydrogen-bond acceptors (Lipinski definition) is 7. The molecule has 0 spiro atoms. The molecule has 4 rings (SSSR count). The zero-order valence-electron chi connectivity index (χ0n) is 15.8. The first kappa shape index (κ1) is 20.3. The summed E-state index contributed by atoms with van der Waals surface area (Å²) in [7, 11) is 1.37. The van der Waals surface area contributed by atoms with Gasteiger partial charge in [-0.05, 0) is 18.9 Å². The largest absolute Gasteiger partial charge is 0.480 e. The first-order valence-electron chi connectivity index (χ1n) is 9.10. The highest BCUT2D eigenvalue weighted by Gasteiger charge is 2.42. The molecular weight excluding hydrogens is 421 g/mol. The van der Waals surface area contributed by atoms with Crippen LogP contribution in [0.2, 0.25) is 0 Å². The summed E-state index contributed by atoms with van der Waals surface area (Å²) < 4.78 is 47.1. The van der Waals surface area contributed by atoms with Crippen molar-refractivity contribution in [1.29, 1.82) is 0 Å². The van der Waals surface area contributed by atoms with Crippen LogP contribution < -0.4 is 4.74 Å². The fourth-order valence-electron chi connectivity index (χ4n) is 3.46. The Balaban J connectivity index is 1.66. The van der Waals surface area contributed by atoms with Gasteiger partial charge in [-0.25, -0.2) is 9.67 Å². The Morgan fingerprint density at radius 3 is 2.77 bits per heavy atom. The fourth-order valence-corrected chi connectivity index (χ4v) is 4.22. The molecular formula is C18H17F3N6O2S. The molecule has 1 aliphatic rings. The van der Waals surface area contributed by atoms with Crippen LogP contribution in [0.3, 0.4) is 0 Å². The van der Waals surface area contributed by atoms with E-state index >= 15 is 0 Å². The molecule has 1 amide bonds. The Labute approximate surface area is 173 Å². The van der Waals surface area contributed by atoms with Gasteiger partial charge in [-0.2, -0.15) is 18.3 Å². The van der Waals surface area contributed by atoms with Crippen LogP contribution in [0.25, 0.3) is 5.82 Å². The van der Waals surface area contributed by atoms with Gasteiger partial charge in [0.25, 0.3) is 5.91 Å². The summed E-state index contributed by atoms with van der Waals surface area (Å²) in [6.45, 7) is 0.697. The van der Waals surface area contributed by atoms with E-state index in [2.05, 4.69) is 20.3 Å².